The highest BCUT2D eigenvalue weighted by Crippen LogP contribution is 2.48. The van der Waals surface area contributed by atoms with E-state index in [0.717, 1.165) is 18.4 Å². The maximum Gasteiger partial charge on any atom is 0.225 e. The Balaban J connectivity index is 1.48. The number of amides is 1. The van der Waals surface area contributed by atoms with Gasteiger partial charge in [-0.1, -0.05) is 30.3 Å². The van der Waals surface area contributed by atoms with Crippen molar-refractivity contribution in [2.24, 2.45) is 5.92 Å². The highest BCUT2D eigenvalue weighted by Gasteiger charge is 2.54. The van der Waals surface area contributed by atoms with Crippen LogP contribution in [-0.2, 0) is 14.8 Å². The van der Waals surface area contributed by atoms with Crippen molar-refractivity contribution in [1.82, 2.24) is 9.21 Å². The third kappa shape index (κ3) is 3.10. The van der Waals surface area contributed by atoms with Crippen molar-refractivity contribution < 1.29 is 13.2 Å². The molecule has 1 aliphatic heterocycles. The van der Waals surface area contributed by atoms with E-state index < -0.39 is 15.6 Å². The average molecular weight is 362 g/mol. The van der Waals surface area contributed by atoms with Crippen molar-refractivity contribution in [3.8, 4) is 0 Å². The van der Waals surface area contributed by atoms with Crippen LogP contribution in [0.5, 0.6) is 0 Å². The van der Waals surface area contributed by atoms with Gasteiger partial charge in [0.2, 0.25) is 15.9 Å². The lowest BCUT2D eigenvalue weighted by Gasteiger charge is -2.46. The minimum Gasteiger partial charge on any atom is -0.339 e. The fourth-order valence-electron chi connectivity index (χ4n) is 4.10. The molecular weight excluding hydrogens is 336 g/mol. The summed E-state index contributed by atoms with van der Waals surface area (Å²) in [5.41, 5.74) is 0.558. The van der Waals surface area contributed by atoms with Gasteiger partial charge in [0, 0.05) is 37.0 Å². The standard InChI is InChI=1S/C19H26N2O3S/c1-19(2)13-20(18(22)15-8-9-15)10-11-21(19)25(23,24)17-12-16(17)14-6-4-3-5-7-14/h3-7,15-17H,8-13H2,1-2H3/t16-,17+/m0/s1. The lowest BCUT2D eigenvalue weighted by molar-refractivity contribution is -0.136. The van der Waals surface area contributed by atoms with E-state index in [1.807, 2.05) is 49.1 Å². The van der Waals surface area contributed by atoms with Gasteiger partial charge in [-0.05, 0) is 38.7 Å². The molecule has 3 aliphatic rings. The predicted octanol–water partition coefficient (Wildman–Crippen LogP) is 2.21. The molecule has 5 nitrogen and oxygen atoms in total. The number of nitrogens with zero attached hydrogens (tertiary/aromatic N) is 2. The van der Waals surface area contributed by atoms with Crippen LogP contribution in [0.1, 0.15) is 44.6 Å². The third-order valence-corrected chi connectivity index (χ3v) is 8.29. The van der Waals surface area contributed by atoms with Gasteiger partial charge in [-0.15, -0.1) is 0 Å². The first kappa shape index (κ1) is 17.0. The lowest BCUT2D eigenvalue weighted by atomic mass is 10.0. The molecule has 1 heterocycles. The van der Waals surface area contributed by atoms with E-state index in [2.05, 4.69) is 0 Å². The van der Waals surface area contributed by atoms with E-state index in [1.54, 1.807) is 4.31 Å². The maximum atomic E-state index is 13.2. The topological polar surface area (TPSA) is 57.7 Å². The molecule has 0 N–H and O–H groups in total. The summed E-state index contributed by atoms with van der Waals surface area (Å²) in [6, 6.07) is 9.90. The van der Waals surface area contributed by atoms with Gasteiger partial charge < -0.3 is 4.90 Å². The SMILES string of the molecule is CC1(C)CN(C(=O)C2CC2)CCN1S(=O)(=O)[C@@H]1C[C@H]1c1ccccc1. The Morgan fingerprint density at radius 2 is 1.80 bits per heavy atom. The summed E-state index contributed by atoms with van der Waals surface area (Å²) in [4.78, 5) is 14.2. The molecule has 6 heteroatoms. The van der Waals surface area contributed by atoms with Gasteiger partial charge in [-0.3, -0.25) is 4.79 Å². The maximum absolute atomic E-state index is 13.2. The summed E-state index contributed by atoms with van der Waals surface area (Å²) < 4.78 is 28.0. The molecule has 25 heavy (non-hydrogen) atoms. The predicted molar refractivity (Wildman–Crippen MR) is 96.6 cm³/mol. The van der Waals surface area contributed by atoms with Gasteiger partial charge in [0.15, 0.2) is 0 Å². The first-order valence-electron chi connectivity index (χ1n) is 9.16. The zero-order valence-corrected chi connectivity index (χ0v) is 15.7. The summed E-state index contributed by atoms with van der Waals surface area (Å²) in [6.45, 7) is 5.30. The van der Waals surface area contributed by atoms with Crippen LogP contribution in [-0.4, -0.2) is 54.0 Å². The fraction of sp³-hybridized carbons (Fsp3) is 0.632. The molecule has 2 atom stereocenters. The molecule has 1 saturated heterocycles. The number of hydrogen-bond acceptors (Lipinski definition) is 3. The molecule has 2 saturated carbocycles. The molecule has 2 aliphatic carbocycles. The van der Waals surface area contributed by atoms with E-state index >= 15 is 0 Å². The number of piperazine rings is 1. The molecule has 0 bridgehead atoms. The van der Waals surface area contributed by atoms with Crippen molar-refractivity contribution >= 4 is 15.9 Å². The molecule has 0 spiro atoms. The van der Waals surface area contributed by atoms with E-state index in [-0.39, 0.29) is 23.0 Å². The van der Waals surface area contributed by atoms with Crippen LogP contribution in [0.3, 0.4) is 0 Å². The zero-order chi connectivity index (χ0) is 17.8. The number of sulfonamides is 1. The monoisotopic (exact) mass is 362 g/mol. The first-order chi connectivity index (χ1) is 11.8. The molecule has 136 valence electrons. The van der Waals surface area contributed by atoms with Gasteiger partial charge in [0.05, 0.1) is 5.25 Å². The summed E-state index contributed by atoms with van der Waals surface area (Å²) in [6.07, 6.45) is 2.67. The average Bonchev–Trinajstić information content (AvgIpc) is 3.47. The second-order valence-electron chi connectivity index (χ2n) is 8.25. The van der Waals surface area contributed by atoms with E-state index in [9.17, 15) is 13.2 Å². The second kappa shape index (κ2) is 5.81. The van der Waals surface area contributed by atoms with Crippen LogP contribution < -0.4 is 0 Å². The Morgan fingerprint density at radius 1 is 1.12 bits per heavy atom. The van der Waals surface area contributed by atoms with Gasteiger partial charge in [0.25, 0.3) is 0 Å². The molecule has 4 rings (SSSR count). The molecule has 3 fully saturated rings. The van der Waals surface area contributed by atoms with Gasteiger partial charge >= 0.3 is 0 Å². The Morgan fingerprint density at radius 3 is 2.40 bits per heavy atom. The van der Waals surface area contributed by atoms with Crippen LogP contribution in [0.15, 0.2) is 30.3 Å². The van der Waals surface area contributed by atoms with Gasteiger partial charge in [0.1, 0.15) is 0 Å². The highest BCUT2D eigenvalue weighted by atomic mass is 32.2. The summed E-state index contributed by atoms with van der Waals surface area (Å²) in [5, 5.41) is -0.320. The smallest absolute Gasteiger partial charge is 0.225 e. The summed E-state index contributed by atoms with van der Waals surface area (Å²) in [7, 11) is -3.35. The number of rotatable bonds is 4. The Hall–Kier alpha value is -1.40. The molecule has 1 aromatic rings. The van der Waals surface area contributed by atoms with Crippen molar-refractivity contribution in [2.45, 2.75) is 49.8 Å². The minimum atomic E-state index is -3.35. The van der Waals surface area contributed by atoms with Gasteiger partial charge in [-0.25, -0.2) is 8.42 Å². The van der Waals surface area contributed by atoms with E-state index in [4.69, 9.17) is 0 Å². The Labute approximate surface area is 150 Å². The van der Waals surface area contributed by atoms with Crippen molar-refractivity contribution in [2.75, 3.05) is 19.6 Å². The minimum absolute atomic E-state index is 0.105. The zero-order valence-electron chi connectivity index (χ0n) is 14.9. The van der Waals surface area contributed by atoms with Gasteiger partial charge in [-0.2, -0.15) is 4.31 Å². The number of carbonyl (C=O) groups is 1. The molecular formula is C19H26N2O3S. The van der Waals surface area contributed by atoms with Crippen LogP contribution in [0.25, 0.3) is 0 Å². The second-order valence-corrected chi connectivity index (χ2v) is 10.3. The molecule has 1 aromatic carbocycles. The molecule has 0 unspecified atom stereocenters. The van der Waals surface area contributed by atoms with Crippen LogP contribution in [0, 0.1) is 5.92 Å². The van der Waals surface area contributed by atoms with Crippen LogP contribution in [0.2, 0.25) is 0 Å². The lowest BCUT2D eigenvalue weighted by Crippen LogP contribution is -2.62. The Bertz CT molecular complexity index is 771. The molecule has 0 aromatic heterocycles. The van der Waals surface area contributed by atoms with E-state index in [1.165, 1.54) is 0 Å². The van der Waals surface area contributed by atoms with Crippen LogP contribution in [0.4, 0.5) is 0 Å². The summed E-state index contributed by atoms with van der Waals surface area (Å²) >= 11 is 0. The largest absolute Gasteiger partial charge is 0.339 e. The molecule has 1 amide bonds. The first-order valence-corrected chi connectivity index (χ1v) is 10.7. The molecule has 0 radical (unpaired) electrons. The summed E-state index contributed by atoms with van der Waals surface area (Å²) in [5.74, 6) is 0.497. The fourth-order valence-corrected chi connectivity index (χ4v) is 6.54. The van der Waals surface area contributed by atoms with Crippen LogP contribution >= 0.6 is 0 Å². The van der Waals surface area contributed by atoms with Crippen molar-refractivity contribution in [3.05, 3.63) is 35.9 Å². The van der Waals surface area contributed by atoms with Crippen molar-refractivity contribution in [1.29, 1.82) is 0 Å². The third-order valence-electron chi connectivity index (χ3n) is 5.71. The number of hydrogen-bond donors (Lipinski definition) is 0. The van der Waals surface area contributed by atoms with E-state index in [0.29, 0.717) is 26.1 Å². The Kier molecular flexibility index (Phi) is 3.96. The number of carbonyl (C=O) groups excluding carboxylic acids is 1. The quantitative estimate of drug-likeness (QED) is 0.825. The normalized spacial score (nSPS) is 29.4. The highest BCUT2D eigenvalue weighted by molar-refractivity contribution is 7.90. The number of benzene rings is 1. The van der Waals surface area contributed by atoms with Crippen molar-refractivity contribution in [3.63, 3.8) is 0 Å².